The number of carbonyl (C=O) groups excluding carboxylic acids is 1. The van der Waals surface area contributed by atoms with Gasteiger partial charge in [-0.1, -0.05) is 12.1 Å². The first-order valence-corrected chi connectivity index (χ1v) is 5.62. The van der Waals surface area contributed by atoms with Crippen LogP contribution in [-0.4, -0.2) is 16.3 Å². The zero-order valence-electron chi connectivity index (χ0n) is 8.75. The summed E-state index contributed by atoms with van der Waals surface area (Å²) < 4.78 is 0. The van der Waals surface area contributed by atoms with E-state index in [-0.39, 0.29) is 0 Å². The van der Waals surface area contributed by atoms with Crippen LogP contribution in [0.4, 0.5) is 0 Å². The van der Waals surface area contributed by atoms with E-state index >= 15 is 0 Å². The zero-order chi connectivity index (χ0) is 11.4. The minimum Gasteiger partial charge on any atom is -0.298 e. The van der Waals surface area contributed by atoms with E-state index in [1.54, 1.807) is 18.3 Å². The van der Waals surface area contributed by atoms with E-state index in [4.69, 9.17) is 0 Å². The molecule has 0 radical (unpaired) electrons. The Morgan fingerprint density at radius 2 is 1.94 bits per heavy atom. The van der Waals surface area contributed by atoms with Crippen LogP contribution in [0.3, 0.4) is 0 Å². The second kappa shape index (κ2) is 4.90. The molecule has 2 rings (SSSR count). The van der Waals surface area contributed by atoms with E-state index in [9.17, 15) is 4.79 Å². The standard InChI is InChI=1S/C12H10N2OS/c1-9-6-7-13-12(14-9)16-11-4-2-10(8-15)3-5-11/h2-8H,1H3. The van der Waals surface area contributed by atoms with Crippen LogP contribution < -0.4 is 0 Å². The molecular weight excluding hydrogens is 220 g/mol. The minimum absolute atomic E-state index is 0.675. The second-order valence-corrected chi connectivity index (χ2v) is 4.31. The van der Waals surface area contributed by atoms with Gasteiger partial charge in [0.2, 0.25) is 0 Å². The summed E-state index contributed by atoms with van der Waals surface area (Å²) >= 11 is 1.48. The first-order chi connectivity index (χ1) is 7.78. The van der Waals surface area contributed by atoms with Crippen molar-refractivity contribution in [3.8, 4) is 0 Å². The van der Waals surface area contributed by atoms with Gasteiger partial charge in [0.15, 0.2) is 5.16 Å². The minimum atomic E-state index is 0.675. The molecule has 0 aliphatic heterocycles. The maximum atomic E-state index is 10.5. The summed E-state index contributed by atoms with van der Waals surface area (Å²) in [7, 11) is 0. The zero-order valence-corrected chi connectivity index (χ0v) is 9.57. The van der Waals surface area contributed by atoms with Crippen LogP contribution in [0, 0.1) is 6.92 Å². The molecule has 0 saturated carbocycles. The van der Waals surface area contributed by atoms with Crippen molar-refractivity contribution >= 4 is 18.0 Å². The topological polar surface area (TPSA) is 42.9 Å². The molecule has 3 nitrogen and oxygen atoms in total. The lowest BCUT2D eigenvalue weighted by atomic mass is 10.2. The molecule has 1 aromatic carbocycles. The summed E-state index contributed by atoms with van der Waals surface area (Å²) in [6.07, 6.45) is 2.57. The van der Waals surface area contributed by atoms with Gasteiger partial charge in [-0.2, -0.15) is 0 Å². The molecule has 1 heterocycles. The van der Waals surface area contributed by atoms with Gasteiger partial charge >= 0.3 is 0 Å². The van der Waals surface area contributed by atoms with Gasteiger partial charge in [0, 0.05) is 22.3 Å². The highest BCUT2D eigenvalue weighted by Gasteiger charge is 2.00. The number of rotatable bonds is 3. The van der Waals surface area contributed by atoms with Crippen LogP contribution >= 0.6 is 11.8 Å². The molecule has 0 amide bonds. The lowest BCUT2D eigenvalue weighted by molar-refractivity contribution is 0.112. The van der Waals surface area contributed by atoms with E-state index in [0.717, 1.165) is 22.0 Å². The third-order valence-electron chi connectivity index (χ3n) is 2.00. The number of aryl methyl sites for hydroxylation is 1. The lowest BCUT2D eigenvalue weighted by Crippen LogP contribution is -1.88. The van der Waals surface area contributed by atoms with E-state index < -0.39 is 0 Å². The molecule has 2 aromatic rings. The number of benzene rings is 1. The van der Waals surface area contributed by atoms with E-state index in [0.29, 0.717) is 5.56 Å². The molecule has 16 heavy (non-hydrogen) atoms. The molecular formula is C12H10N2OS. The molecule has 0 unspecified atom stereocenters. The van der Waals surface area contributed by atoms with Crippen LogP contribution in [0.2, 0.25) is 0 Å². The van der Waals surface area contributed by atoms with Gasteiger partial charge in [0.25, 0.3) is 0 Å². The molecule has 0 aliphatic carbocycles. The van der Waals surface area contributed by atoms with Crippen molar-refractivity contribution in [3.05, 3.63) is 47.8 Å². The molecule has 0 N–H and O–H groups in total. The van der Waals surface area contributed by atoms with Crippen molar-refractivity contribution < 1.29 is 4.79 Å². The molecule has 80 valence electrons. The van der Waals surface area contributed by atoms with Gasteiger partial charge in [-0.15, -0.1) is 0 Å². The van der Waals surface area contributed by atoms with Crippen LogP contribution in [0.1, 0.15) is 16.1 Å². The average molecular weight is 230 g/mol. The highest BCUT2D eigenvalue weighted by Crippen LogP contribution is 2.24. The first kappa shape index (κ1) is 10.8. The second-order valence-electron chi connectivity index (χ2n) is 3.27. The van der Waals surface area contributed by atoms with E-state index in [1.807, 2.05) is 25.1 Å². The number of aromatic nitrogens is 2. The van der Waals surface area contributed by atoms with Gasteiger partial charge in [0.1, 0.15) is 6.29 Å². The highest BCUT2D eigenvalue weighted by molar-refractivity contribution is 7.99. The average Bonchev–Trinajstić information content (AvgIpc) is 2.30. The molecule has 0 aliphatic rings. The van der Waals surface area contributed by atoms with Gasteiger partial charge < -0.3 is 0 Å². The molecule has 0 spiro atoms. The Labute approximate surface area is 97.9 Å². The fraction of sp³-hybridized carbons (Fsp3) is 0.0833. The fourth-order valence-electron chi connectivity index (χ4n) is 1.19. The number of carbonyl (C=O) groups is 1. The monoisotopic (exact) mass is 230 g/mol. The SMILES string of the molecule is Cc1ccnc(Sc2ccc(C=O)cc2)n1. The van der Waals surface area contributed by atoms with Gasteiger partial charge in [-0.3, -0.25) is 4.79 Å². The predicted molar refractivity (Wildman–Crippen MR) is 62.7 cm³/mol. The number of nitrogens with zero attached hydrogens (tertiary/aromatic N) is 2. The molecule has 0 bridgehead atoms. The largest absolute Gasteiger partial charge is 0.298 e. The summed E-state index contributed by atoms with van der Waals surface area (Å²) in [6.45, 7) is 1.93. The Balaban J connectivity index is 2.17. The summed E-state index contributed by atoms with van der Waals surface area (Å²) in [5.41, 5.74) is 1.62. The van der Waals surface area contributed by atoms with Gasteiger partial charge in [0.05, 0.1) is 0 Å². The Kier molecular flexibility index (Phi) is 3.31. The predicted octanol–water partition coefficient (Wildman–Crippen LogP) is 2.75. The third-order valence-corrected chi connectivity index (χ3v) is 2.89. The van der Waals surface area contributed by atoms with Crippen molar-refractivity contribution in [2.24, 2.45) is 0 Å². The fourth-order valence-corrected chi connectivity index (χ4v) is 1.98. The quantitative estimate of drug-likeness (QED) is 0.600. The third kappa shape index (κ3) is 2.67. The summed E-state index contributed by atoms with van der Waals surface area (Å²) in [5, 5.41) is 0.721. The maximum absolute atomic E-state index is 10.5. The molecule has 4 heteroatoms. The van der Waals surface area contributed by atoms with Crippen LogP contribution in [0.5, 0.6) is 0 Å². The first-order valence-electron chi connectivity index (χ1n) is 4.81. The molecule has 0 atom stereocenters. The Morgan fingerprint density at radius 3 is 2.56 bits per heavy atom. The number of hydrogen-bond acceptors (Lipinski definition) is 4. The number of aldehydes is 1. The van der Waals surface area contributed by atoms with Gasteiger partial charge in [-0.05, 0) is 36.9 Å². The van der Waals surface area contributed by atoms with Crippen LogP contribution in [0.25, 0.3) is 0 Å². The van der Waals surface area contributed by atoms with Crippen LogP contribution in [-0.2, 0) is 0 Å². The molecule has 0 fully saturated rings. The Hall–Kier alpha value is -1.68. The van der Waals surface area contributed by atoms with Crippen molar-refractivity contribution in [1.82, 2.24) is 9.97 Å². The Morgan fingerprint density at radius 1 is 1.19 bits per heavy atom. The number of hydrogen-bond donors (Lipinski definition) is 0. The van der Waals surface area contributed by atoms with E-state index in [1.165, 1.54) is 11.8 Å². The van der Waals surface area contributed by atoms with Crippen LogP contribution in [0.15, 0.2) is 46.6 Å². The molecule has 1 aromatic heterocycles. The normalized spacial score (nSPS) is 10.1. The smallest absolute Gasteiger partial charge is 0.192 e. The Bertz CT molecular complexity index is 497. The van der Waals surface area contributed by atoms with Crippen molar-refractivity contribution in [2.45, 2.75) is 17.0 Å². The molecule has 0 saturated heterocycles. The lowest BCUT2D eigenvalue weighted by Gasteiger charge is -2.00. The van der Waals surface area contributed by atoms with E-state index in [2.05, 4.69) is 9.97 Å². The maximum Gasteiger partial charge on any atom is 0.192 e. The highest BCUT2D eigenvalue weighted by atomic mass is 32.2. The van der Waals surface area contributed by atoms with Crippen molar-refractivity contribution in [1.29, 1.82) is 0 Å². The van der Waals surface area contributed by atoms with Gasteiger partial charge in [-0.25, -0.2) is 9.97 Å². The summed E-state index contributed by atoms with van der Waals surface area (Å²) in [6, 6.07) is 9.20. The summed E-state index contributed by atoms with van der Waals surface area (Å²) in [5.74, 6) is 0. The van der Waals surface area contributed by atoms with Crippen molar-refractivity contribution in [2.75, 3.05) is 0 Å². The van der Waals surface area contributed by atoms with Crippen molar-refractivity contribution in [3.63, 3.8) is 0 Å². The summed E-state index contributed by atoms with van der Waals surface area (Å²) in [4.78, 5) is 20.0.